The Hall–Kier alpha value is -1.62. The Kier molecular flexibility index (Phi) is 2.68. The maximum Gasteiger partial charge on any atom is 0.230 e. The van der Waals surface area contributed by atoms with Crippen LogP contribution in [0.4, 0.5) is 0 Å². The smallest absolute Gasteiger partial charge is 0.230 e. The van der Waals surface area contributed by atoms with E-state index in [-0.39, 0.29) is 0 Å². The molecule has 5 heteroatoms. The number of hydrogen-bond acceptors (Lipinski definition) is 4. The van der Waals surface area contributed by atoms with Crippen LogP contribution in [0.3, 0.4) is 0 Å². The van der Waals surface area contributed by atoms with Gasteiger partial charge in [0.05, 0.1) is 31.2 Å². The Morgan fingerprint density at radius 2 is 2.35 bits per heavy atom. The molecule has 1 unspecified atom stereocenters. The Balaban J connectivity index is 1.95. The third-order valence-corrected chi connectivity index (χ3v) is 3.21. The summed E-state index contributed by atoms with van der Waals surface area (Å²) in [7, 11) is 1.62. The number of aromatic nitrogens is 3. The SMILES string of the molecule is COc1cn2cc(C3CCCCN3)nc2cn1. The lowest BCUT2D eigenvalue weighted by molar-refractivity contribution is 0.395. The van der Waals surface area contributed by atoms with Crippen molar-refractivity contribution in [3.63, 3.8) is 0 Å². The fourth-order valence-electron chi connectivity index (χ4n) is 2.28. The molecule has 2 aromatic rings. The van der Waals surface area contributed by atoms with Crippen molar-refractivity contribution in [2.45, 2.75) is 25.3 Å². The molecule has 1 aliphatic heterocycles. The van der Waals surface area contributed by atoms with Crippen molar-refractivity contribution >= 4 is 5.65 Å². The maximum atomic E-state index is 5.10. The monoisotopic (exact) mass is 232 g/mol. The molecule has 0 spiro atoms. The quantitative estimate of drug-likeness (QED) is 0.853. The molecular weight excluding hydrogens is 216 g/mol. The van der Waals surface area contributed by atoms with Crippen LogP contribution in [0.25, 0.3) is 5.65 Å². The minimum atomic E-state index is 0.384. The van der Waals surface area contributed by atoms with Crippen LogP contribution < -0.4 is 10.1 Å². The predicted octanol–water partition coefficient (Wildman–Crippen LogP) is 1.55. The van der Waals surface area contributed by atoms with E-state index in [4.69, 9.17) is 4.74 Å². The minimum Gasteiger partial charge on any atom is -0.480 e. The summed E-state index contributed by atoms with van der Waals surface area (Å²) in [6.45, 7) is 1.08. The van der Waals surface area contributed by atoms with E-state index in [0.717, 1.165) is 24.3 Å². The summed E-state index contributed by atoms with van der Waals surface area (Å²) in [5, 5.41) is 3.50. The first-order chi connectivity index (χ1) is 8.36. The van der Waals surface area contributed by atoms with Crippen molar-refractivity contribution in [1.82, 2.24) is 19.7 Å². The van der Waals surface area contributed by atoms with E-state index in [0.29, 0.717) is 11.9 Å². The predicted molar refractivity (Wildman–Crippen MR) is 64.1 cm³/mol. The van der Waals surface area contributed by atoms with Gasteiger partial charge in [-0.3, -0.25) is 0 Å². The standard InChI is InChI=1S/C12H16N4O/c1-17-12-8-16-7-10(15-11(16)6-14-12)9-4-2-3-5-13-9/h6-9,13H,2-5H2,1H3. The molecule has 2 aromatic heterocycles. The van der Waals surface area contributed by atoms with Gasteiger partial charge in [-0.1, -0.05) is 6.42 Å². The maximum absolute atomic E-state index is 5.10. The average Bonchev–Trinajstić information content (AvgIpc) is 2.82. The second-order valence-corrected chi connectivity index (χ2v) is 4.36. The van der Waals surface area contributed by atoms with E-state index in [1.165, 1.54) is 12.8 Å². The van der Waals surface area contributed by atoms with Gasteiger partial charge in [0.1, 0.15) is 0 Å². The van der Waals surface area contributed by atoms with E-state index < -0.39 is 0 Å². The van der Waals surface area contributed by atoms with Crippen molar-refractivity contribution in [2.24, 2.45) is 0 Å². The van der Waals surface area contributed by atoms with Gasteiger partial charge in [-0.25, -0.2) is 9.97 Å². The number of piperidine rings is 1. The average molecular weight is 232 g/mol. The highest BCUT2D eigenvalue weighted by Crippen LogP contribution is 2.22. The summed E-state index contributed by atoms with van der Waals surface area (Å²) in [5.41, 5.74) is 1.97. The summed E-state index contributed by atoms with van der Waals surface area (Å²) in [5.74, 6) is 0.609. The molecule has 3 rings (SSSR count). The molecular formula is C12H16N4O. The lowest BCUT2D eigenvalue weighted by Crippen LogP contribution is -2.26. The van der Waals surface area contributed by atoms with Gasteiger partial charge in [0.2, 0.25) is 5.88 Å². The molecule has 0 aliphatic carbocycles. The largest absolute Gasteiger partial charge is 0.480 e. The second kappa shape index (κ2) is 4.33. The molecule has 1 saturated heterocycles. The highest BCUT2D eigenvalue weighted by molar-refractivity contribution is 5.39. The molecule has 1 atom stereocenters. The molecule has 0 saturated carbocycles. The van der Waals surface area contributed by atoms with Crippen LogP contribution in [0, 0.1) is 0 Å². The van der Waals surface area contributed by atoms with Gasteiger partial charge < -0.3 is 14.5 Å². The number of fused-ring (bicyclic) bond motifs is 1. The molecule has 5 nitrogen and oxygen atoms in total. The van der Waals surface area contributed by atoms with E-state index in [2.05, 4.69) is 21.5 Å². The van der Waals surface area contributed by atoms with Gasteiger partial charge in [-0.05, 0) is 19.4 Å². The van der Waals surface area contributed by atoms with Crippen molar-refractivity contribution in [1.29, 1.82) is 0 Å². The van der Waals surface area contributed by atoms with E-state index in [1.807, 2.05) is 10.6 Å². The lowest BCUT2D eigenvalue weighted by atomic mass is 10.0. The normalized spacial score (nSPS) is 20.6. The van der Waals surface area contributed by atoms with Crippen molar-refractivity contribution in [3.8, 4) is 5.88 Å². The summed E-state index contributed by atoms with van der Waals surface area (Å²) in [6.07, 6.45) is 9.35. The molecule has 0 amide bonds. The van der Waals surface area contributed by atoms with Crippen LogP contribution in [-0.2, 0) is 0 Å². The van der Waals surface area contributed by atoms with E-state index in [9.17, 15) is 0 Å². The zero-order chi connectivity index (χ0) is 11.7. The van der Waals surface area contributed by atoms with Gasteiger partial charge in [0.15, 0.2) is 5.65 Å². The van der Waals surface area contributed by atoms with Gasteiger partial charge in [0.25, 0.3) is 0 Å². The fraction of sp³-hybridized carbons (Fsp3) is 0.500. The van der Waals surface area contributed by atoms with Gasteiger partial charge in [-0.15, -0.1) is 0 Å². The molecule has 0 aromatic carbocycles. The van der Waals surface area contributed by atoms with Crippen LogP contribution in [0.2, 0.25) is 0 Å². The van der Waals surface area contributed by atoms with Crippen molar-refractivity contribution in [2.75, 3.05) is 13.7 Å². The van der Waals surface area contributed by atoms with Crippen molar-refractivity contribution in [3.05, 3.63) is 24.3 Å². The number of nitrogens with zero attached hydrogens (tertiary/aromatic N) is 3. The van der Waals surface area contributed by atoms with Crippen LogP contribution in [0.5, 0.6) is 5.88 Å². The molecule has 1 N–H and O–H groups in total. The Morgan fingerprint density at radius 1 is 1.41 bits per heavy atom. The number of methoxy groups -OCH3 is 1. The number of rotatable bonds is 2. The summed E-state index contributed by atoms with van der Waals surface area (Å²) in [4.78, 5) is 8.75. The van der Waals surface area contributed by atoms with Crippen LogP contribution in [-0.4, -0.2) is 28.0 Å². The van der Waals surface area contributed by atoms with Gasteiger partial charge in [0, 0.05) is 6.20 Å². The van der Waals surface area contributed by atoms with Gasteiger partial charge in [-0.2, -0.15) is 0 Å². The molecule has 0 radical (unpaired) electrons. The Morgan fingerprint density at radius 3 is 3.12 bits per heavy atom. The van der Waals surface area contributed by atoms with Crippen LogP contribution in [0.1, 0.15) is 31.0 Å². The summed E-state index contributed by atoms with van der Waals surface area (Å²) in [6, 6.07) is 0.384. The van der Waals surface area contributed by atoms with E-state index in [1.54, 1.807) is 13.3 Å². The minimum absolute atomic E-state index is 0.384. The Labute approximate surface area is 99.8 Å². The molecule has 17 heavy (non-hydrogen) atoms. The molecule has 90 valence electrons. The first-order valence-electron chi connectivity index (χ1n) is 5.99. The van der Waals surface area contributed by atoms with Crippen LogP contribution >= 0.6 is 0 Å². The molecule has 1 aliphatic rings. The number of imidazole rings is 1. The van der Waals surface area contributed by atoms with Crippen LogP contribution in [0.15, 0.2) is 18.6 Å². The fourth-order valence-corrected chi connectivity index (χ4v) is 2.28. The summed E-state index contributed by atoms with van der Waals surface area (Å²) < 4.78 is 7.07. The summed E-state index contributed by atoms with van der Waals surface area (Å²) >= 11 is 0. The number of nitrogens with one attached hydrogen (secondary N) is 1. The number of ether oxygens (including phenoxy) is 1. The Bertz CT molecular complexity index is 516. The third kappa shape index (κ3) is 1.98. The first-order valence-corrected chi connectivity index (χ1v) is 5.99. The topological polar surface area (TPSA) is 51.5 Å². The zero-order valence-corrected chi connectivity index (χ0v) is 9.89. The highest BCUT2D eigenvalue weighted by atomic mass is 16.5. The van der Waals surface area contributed by atoms with Crippen molar-refractivity contribution < 1.29 is 4.74 Å². The third-order valence-electron chi connectivity index (χ3n) is 3.21. The van der Waals surface area contributed by atoms with Gasteiger partial charge >= 0.3 is 0 Å². The molecule has 3 heterocycles. The molecule has 0 bridgehead atoms. The number of hydrogen-bond donors (Lipinski definition) is 1. The first kappa shape index (κ1) is 10.5. The highest BCUT2D eigenvalue weighted by Gasteiger charge is 2.17. The molecule has 1 fully saturated rings. The second-order valence-electron chi connectivity index (χ2n) is 4.36. The van der Waals surface area contributed by atoms with E-state index >= 15 is 0 Å². The lowest BCUT2D eigenvalue weighted by Gasteiger charge is -2.21. The zero-order valence-electron chi connectivity index (χ0n) is 9.89.